The highest BCUT2D eigenvalue weighted by molar-refractivity contribution is 7.92. The summed E-state index contributed by atoms with van der Waals surface area (Å²) in [5, 5.41) is 0. The van der Waals surface area contributed by atoms with Crippen LogP contribution < -0.4 is 4.72 Å². The van der Waals surface area contributed by atoms with E-state index >= 15 is 0 Å². The molecule has 3 aromatic carbocycles. The first-order valence-electron chi connectivity index (χ1n) is 8.60. The number of hydrogen-bond acceptors (Lipinski definition) is 4. The van der Waals surface area contributed by atoms with Gasteiger partial charge in [-0.15, -0.1) is 0 Å². The fraction of sp³-hybridized carbons (Fsp3) is 0.0476. The second-order valence-corrected chi connectivity index (χ2v) is 8.27. The predicted molar refractivity (Wildman–Crippen MR) is 102 cm³/mol. The van der Waals surface area contributed by atoms with E-state index in [1.54, 1.807) is 12.1 Å². The lowest BCUT2D eigenvalue weighted by Gasteiger charge is -2.18. The van der Waals surface area contributed by atoms with E-state index in [0.29, 0.717) is 0 Å². The van der Waals surface area contributed by atoms with Crippen LogP contribution in [0.15, 0.2) is 71.6 Å². The summed E-state index contributed by atoms with van der Waals surface area (Å²) in [6, 6.07) is 13.2. The lowest BCUT2D eigenvalue weighted by molar-refractivity contribution is -0.137. The van der Waals surface area contributed by atoms with Gasteiger partial charge in [-0.1, -0.05) is 24.3 Å². The summed E-state index contributed by atoms with van der Waals surface area (Å²) >= 11 is 0. The quantitative estimate of drug-likeness (QED) is 0.525. The van der Waals surface area contributed by atoms with Gasteiger partial charge in [-0.05, 0) is 42.5 Å². The van der Waals surface area contributed by atoms with Crippen LogP contribution in [-0.2, 0) is 16.2 Å². The molecule has 0 amide bonds. The van der Waals surface area contributed by atoms with Gasteiger partial charge in [0.05, 0.1) is 10.5 Å². The Morgan fingerprint density at radius 2 is 1.23 bits per heavy atom. The second-order valence-electron chi connectivity index (χ2n) is 6.59. The first-order chi connectivity index (χ1) is 14.1. The number of fused-ring (bicyclic) bond motifs is 2. The summed E-state index contributed by atoms with van der Waals surface area (Å²) in [5.41, 5.74) is -0.523. The molecule has 5 nitrogen and oxygen atoms in total. The predicted octanol–water partition coefficient (Wildman–Crippen LogP) is 4.28. The molecular formula is C21H12F3NO4S. The van der Waals surface area contributed by atoms with Gasteiger partial charge in [-0.25, -0.2) is 8.42 Å². The third-order valence-corrected chi connectivity index (χ3v) is 6.05. The molecule has 0 aromatic heterocycles. The van der Waals surface area contributed by atoms with Gasteiger partial charge in [0.25, 0.3) is 10.0 Å². The Kier molecular flexibility index (Phi) is 4.50. The van der Waals surface area contributed by atoms with Crippen LogP contribution in [0.1, 0.15) is 37.4 Å². The van der Waals surface area contributed by atoms with Crippen LogP contribution in [0.3, 0.4) is 0 Å². The number of alkyl halides is 3. The number of hydrogen-bond donors (Lipinski definition) is 1. The topological polar surface area (TPSA) is 80.3 Å². The van der Waals surface area contributed by atoms with Gasteiger partial charge in [0.1, 0.15) is 0 Å². The van der Waals surface area contributed by atoms with Crippen molar-refractivity contribution in [3.05, 3.63) is 94.5 Å². The molecule has 1 aliphatic rings. The molecule has 0 heterocycles. The van der Waals surface area contributed by atoms with Gasteiger partial charge in [-0.2, -0.15) is 13.2 Å². The number of halogens is 3. The van der Waals surface area contributed by atoms with Crippen LogP contribution in [0.2, 0.25) is 0 Å². The Hall–Kier alpha value is -3.46. The summed E-state index contributed by atoms with van der Waals surface area (Å²) in [7, 11) is -4.21. The highest BCUT2D eigenvalue weighted by atomic mass is 32.2. The zero-order valence-electron chi connectivity index (χ0n) is 15.0. The molecule has 9 heteroatoms. The van der Waals surface area contributed by atoms with Crippen molar-refractivity contribution >= 4 is 27.3 Å². The highest BCUT2D eigenvalue weighted by Gasteiger charge is 2.32. The molecular weight excluding hydrogens is 419 g/mol. The molecule has 30 heavy (non-hydrogen) atoms. The average molecular weight is 431 g/mol. The van der Waals surface area contributed by atoms with E-state index < -0.39 is 27.5 Å². The fourth-order valence-electron chi connectivity index (χ4n) is 3.19. The number of benzene rings is 3. The molecule has 0 bridgehead atoms. The van der Waals surface area contributed by atoms with E-state index in [4.69, 9.17) is 0 Å². The van der Waals surface area contributed by atoms with Crippen LogP contribution >= 0.6 is 0 Å². The van der Waals surface area contributed by atoms with E-state index in [1.165, 1.54) is 24.3 Å². The van der Waals surface area contributed by atoms with E-state index in [0.717, 1.165) is 30.3 Å². The van der Waals surface area contributed by atoms with Crippen molar-refractivity contribution < 1.29 is 31.2 Å². The highest BCUT2D eigenvalue weighted by Crippen LogP contribution is 2.31. The number of rotatable bonds is 3. The molecule has 0 radical (unpaired) electrons. The van der Waals surface area contributed by atoms with E-state index in [2.05, 4.69) is 4.72 Å². The maximum Gasteiger partial charge on any atom is 0.416 e. The average Bonchev–Trinajstić information content (AvgIpc) is 2.71. The Morgan fingerprint density at radius 3 is 1.80 bits per heavy atom. The molecule has 1 aliphatic carbocycles. The van der Waals surface area contributed by atoms with Crippen LogP contribution in [0.25, 0.3) is 0 Å². The van der Waals surface area contributed by atoms with Gasteiger partial charge in [0.2, 0.25) is 0 Å². The summed E-state index contributed by atoms with van der Waals surface area (Å²) in [4.78, 5) is 25.1. The lowest BCUT2D eigenvalue weighted by atomic mass is 9.84. The smallest absolute Gasteiger partial charge is 0.289 e. The standard InChI is InChI=1S/C21H12F3NO4S/c22-21(23,24)12-5-7-13(8-6-12)25-30(28,29)14-9-10-17-18(11-14)20(27)16-4-2-1-3-15(16)19(17)26/h1-11,25H. The van der Waals surface area contributed by atoms with Crippen molar-refractivity contribution in [1.29, 1.82) is 0 Å². The van der Waals surface area contributed by atoms with Crippen LogP contribution in [0.4, 0.5) is 18.9 Å². The van der Waals surface area contributed by atoms with Crippen molar-refractivity contribution in [3.63, 3.8) is 0 Å². The molecule has 152 valence electrons. The minimum atomic E-state index is -4.54. The van der Waals surface area contributed by atoms with Crippen LogP contribution in [0, 0.1) is 0 Å². The Morgan fingerprint density at radius 1 is 0.700 bits per heavy atom. The lowest BCUT2D eigenvalue weighted by Crippen LogP contribution is -2.22. The van der Waals surface area contributed by atoms with Gasteiger partial charge in [-0.3, -0.25) is 14.3 Å². The number of anilines is 1. The summed E-state index contributed by atoms with van der Waals surface area (Å²) in [6.45, 7) is 0. The Bertz CT molecular complexity index is 1300. The Balaban J connectivity index is 1.68. The van der Waals surface area contributed by atoms with Gasteiger partial charge < -0.3 is 0 Å². The SMILES string of the molecule is O=C1c2ccccc2C(=O)c2cc(S(=O)(=O)Nc3ccc(C(F)(F)F)cc3)ccc21. The van der Waals surface area contributed by atoms with Crippen LogP contribution in [0.5, 0.6) is 0 Å². The molecule has 0 atom stereocenters. The van der Waals surface area contributed by atoms with Crippen molar-refractivity contribution in [2.45, 2.75) is 11.1 Å². The molecule has 0 spiro atoms. The van der Waals surface area contributed by atoms with Crippen molar-refractivity contribution in [2.75, 3.05) is 4.72 Å². The molecule has 0 fully saturated rings. The van der Waals surface area contributed by atoms with Crippen molar-refractivity contribution in [2.24, 2.45) is 0 Å². The van der Waals surface area contributed by atoms with E-state index in [-0.39, 0.29) is 38.6 Å². The summed E-state index contributed by atoms with van der Waals surface area (Å²) in [5.74, 6) is -0.869. The van der Waals surface area contributed by atoms with Gasteiger partial charge in [0, 0.05) is 27.9 Å². The molecule has 0 saturated carbocycles. The van der Waals surface area contributed by atoms with Crippen molar-refractivity contribution in [3.8, 4) is 0 Å². The summed E-state index contributed by atoms with van der Waals surface area (Å²) < 4.78 is 65.5. The molecule has 1 N–H and O–H groups in total. The molecule has 0 saturated heterocycles. The van der Waals surface area contributed by atoms with Gasteiger partial charge >= 0.3 is 6.18 Å². The summed E-state index contributed by atoms with van der Waals surface area (Å²) in [6.07, 6.45) is -4.54. The minimum Gasteiger partial charge on any atom is -0.289 e. The van der Waals surface area contributed by atoms with Crippen LogP contribution in [-0.4, -0.2) is 20.0 Å². The normalized spacial score (nSPS) is 13.6. The zero-order valence-corrected chi connectivity index (χ0v) is 15.8. The fourth-order valence-corrected chi connectivity index (χ4v) is 4.27. The monoisotopic (exact) mass is 431 g/mol. The number of nitrogens with one attached hydrogen (secondary N) is 1. The number of ketones is 2. The first-order valence-corrected chi connectivity index (χ1v) is 10.1. The zero-order chi connectivity index (χ0) is 21.7. The molecule has 4 rings (SSSR count). The molecule has 0 unspecified atom stereocenters. The molecule has 0 aliphatic heterocycles. The second kappa shape index (κ2) is 6.81. The van der Waals surface area contributed by atoms with Gasteiger partial charge in [0.15, 0.2) is 11.6 Å². The van der Waals surface area contributed by atoms with E-state index in [1.807, 2.05) is 0 Å². The maximum absolute atomic E-state index is 12.7. The van der Waals surface area contributed by atoms with E-state index in [9.17, 15) is 31.2 Å². The van der Waals surface area contributed by atoms with Crippen molar-refractivity contribution in [1.82, 2.24) is 0 Å². The number of carbonyl (C=O) groups excluding carboxylic acids is 2. The largest absolute Gasteiger partial charge is 0.416 e. The molecule has 3 aromatic rings. The first kappa shape index (κ1) is 19.8. The number of carbonyl (C=O) groups is 2. The third kappa shape index (κ3) is 3.37. The maximum atomic E-state index is 12.7. The minimum absolute atomic E-state index is 0.0472. The Labute approximate surface area is 169 Å². The third-order valence-electron chi connectivity index (χ3n) is 4.67. The number of sulfonamides is 1.